The van der Waals surface area contributed by atoms with Gasteiger partial charge in [0.1, 0.15) is 0 Å². The first-order valence-electron chi connectivity index (χ1n) is 5.94. The van der Waals surface area contributed by atoms with Crippen LogP contribution in [0.1, 0.15) is 24.1 Å². The van der Waals surface area contributed by atoms with Gasteiger partial charge >= 0.3 is 0 Å². The van der Waals surface area contributed by atoms with Crippen molar-refractivity contribution in [3.63, 3.8) is 0 Å². The topological polar surface area (TPSA) is 38.0 Å². The monoisotopic (exact) mass is 260 g/mol. The minimum Gasteiger partial charge on any atom is -0.399 e. The first-order chi connectivity index (χ1) is 8.56. The van der Waals surface area contributed by atoms with Crippen LogP contribution in [0.2, 0.25) is 5.02 Å². The number of aryl methyl sites for hydroxylation is 1. The van der Waals surface area contributed by atoms with Crippen LogP contribution in [0.3, 0.4) is 0 Å². The van der Waals surface area contributed by atoms with Gasteiger partial charge in [0.05, 0.1) is 10.7 Å². The molecule has 2 rings (SSSR count). The predicted molar refractivity (Wildman–Crippen MR) is 79.1 cm³/mol. The second-order valence-electron chi connectivity index (χ2n) is 4.52. The van der Waals surface area contributed by atoms with E-state index in [1.54, 1.807) is 6.07 Å². The van der Waals surface area contributed by atoms with Crippen molar-refractivity contribution in [3.05, 3.63) is 58.6 Å². The highest BCUT2D eigenvalue weighted by atomic mass is 35.5. The first-order valence-corrected chi connectivity index (χ1v) is 6.32. The molecule has 2 aromatic carbocycles. The van der Waals surface area contributed by atoms with E-state index in [0.29, 0.717) is 10.7 Å². The summed E-state index contributed by atoms with van der Waals surface area (Å²) in [6.07, 6.45) is 0. The standard InChI is InChI=1S/C15H17ClN2/c1-10-3-5-12(6-4-10)11(2)18-15-8-7-13(17)9-14(15)16/h3-9,11,18H,17H2,1-2H3. The number of nitrogens with one attached hydrogen (secondary N) is 1. The van der Waals surface area contributed by atoms with Gasteiger partial charge < -0.3 is 11.1 Å². The largest absolute Gasteiger partial charge is 0.399 e. The molecule has 0 aromatic heterocycles. The molecule has 1 unspecified atom stereocenters. The Morgan fingerprint density at radius 1 is 1.11 bits per heavy atom. The molecule has 0 spiro atoms. The molecular formula is C15H17ClN2. The summed E-state index contributed by atoms with van der Waals surface area (Å²) in [7, 11) is 0. The number of nitrogens with two attached hydrogens (primary N) is 1. The SMILES string of the molecule is Cc1ccc(C(C)Nc2ccc(N)cc2Cl)cc1. The molecule has 1 atom stereocenters. The van der Waals surface area contributed by atoms with Crippen LogP contribution < -0.4 is 11.1 Å². The number of rotatable bonds is 3. The second-order valence-corrected chi connectivity index (χ2v) is 4.92. The zero-order valence-corrected chi connectivity index (χ0v) is 11.3. The Labute approximate surface area is 113 Å². The fourth-order valence-electron chi connectivity index (χ4n) is 1.82. The number of hydrogen-bond acceptors (Lipinski definition) is 2. The minimum atomic E-state index is 0.201. The van der Waals surface area contributed by atoms with Gasteiger partial charge in [-0.15, -0.1) is 0 Å². The van der Waals surface area contributed by atoms with Gasteiger partial charge in [0.25, 0.3) is 0 Å². The molecule has 0 aliphatic heterocycles. The van der Waals surface area contributed by atoms with E-state index in [2.05, 4.69) is 43.4 Å². The van der Waals surface area contributed by atoms with E-state index < -0.39 is 0 Å². The maximum atomic E-state index is 6.14. The normalized spacial score (nSPS) is 12.2. The Balaban J connectivity index is 2.15. The summed E-state index contributed by atoms with van der Waals surface area (Å²) in [6, 6.07) is 14.2. The Kier molecular flexibility index (Phi) is 3.78. The van der Waals surface area contributed by atoms with Gasteiger partial charge in [-0.2, -0.15) is 0 Å². The fourth-order valence-corrected chi connectivity index (χ4v) is 2.06. The van der Waals surface area contributed by atoms with Gasteiger partial charge in [0.15, 0.2) is 0 Å². The number of nitrogen functional groups attached to an aromatic ring is 1. The molecule has 3 heteroatoms. The summed E-state index contributed by atoms with van der Waals surface area (Å²) >= 11 is 6.14. The van der Waals surface area contributed by atoms with E-state index in [1.807, 2.05) is 12.1 Å². The molecule has 0 heterocycles. The Morgan fingerprint density at radius 3 is 2.39 bits per heavy atom. The van der Waals surface area contributed by atoms with Crippen molar-refractivity contribution in [2.45, 2.75) is 19.9 Å². The second kappa shape index (κ2) is 5.32. The van der Waals surface area contributed by atoms with Crippen LogP contribution in [0, 0.1) is 6.92 Å². The average Bonchev–Trinajstić information content (AvgIpc) is 2.33. The number of hydrogen-bond donors (Lipinski definition) is 2. The quantitative estimate of drug-likeness (QED) is 0.803. The first kappa shape index (κ1) is 12.8. The minimum absolute atomic E-state index is 0.201. The molecule has 0 saturated heterocycles. The average molecular weight is 261 g/mol. The van der Waals surface area contributed by atoms with Crippen LogP contribution in [0.25, 0.3) is 0 Å². The Bertz CT molecular complexity index is 535. The van der Waals surface area contributed by atoms with Crippen LogP contribution in [0.15, 0.2) is 42.5 Å². The lowest BCUT2D eigenvalue weighted by Gasteiger charge is -2.17. The highest BCUT2D eigenvalue weighted by molar-refractivity contribution is 6.33. The molecular weight excluding hydrogens is 244 g/mol. The lowest BCUT2D eigenvalue weighted by atomic mass is 10.1. The van der Waals surface area contributed by atoms with Gasteiger partial charge in [-0.3, -0.25) is 0 Å². The summed E-state index contributed by atoms with van der Waals surface area (Å²) in [5, 5.41) is 4.03. The van der Waals surface area contributed by atoms with Gasteiger partial charge in [-0.05, 0) is 37.6 Å². The lowest BCUT2D eigenvalue weighted by molar-refractivity contribution is 0.884. The third kappa shape index (κ3) is 2.96. The Hall–Kier alpha value is -1.67. The van der Waals surface area contributed by atoms with E-state index >= 15 is 0 Å². The summed E-state index contributed by atoms with van der Waals surface area (Å²) in [5.74, 6) is 0. The molecule has 3 N–H and O–H groups in total. The molecule has 18 heavy (non-hydrogen) atoms. The van der Waals surface area contributed by atoms with E-state index in [9.17, 15) is 0 Å². The van der Waals surface area contributed by atoms with Gasteiger partial charge in [0.2, 0.25) is 0 Å². The highest BCUT2D eigenvalue weighted by Crippen LogP contribution is 2.27. The molecule has 0 radical (unpaired) electrons. The Morgan fingerprint density at radius 2 is 1.78 bits per heavy atom. The van der Waals surface area contributed by atoms with E-state index in [-0.39, 0.29) is 6.04 Å². The zero-order chi connectivity index (χ0) is 13.1. The van der Waals surface area contributed by atoms with Crippen molar-refractivity contribution in [1.82, 2.24) is 0 Å². The maximum Gasteiger partial charge on any atom is 0.0658 e. The smallest absolute Gasteiger partial charge is 0.0658 e. The van der Waals surface area contributed by atoms with E-state index in [0.717, 1.165) is 5.69 Å². The van der Waals surface area contributed by atoms with Crippen LogP contribution in [-0.4, -0.2) is 0 Å². The fraction of sp³-hybridized carbons (Fsp3) is 0.200. The molecule has 0 bridgehead atoms. The summed E-state index contributed by atoms with van der Waals surface area (Å²) < 4.78 is 0. The van der Waals surface area contributed by atoms with Crippen molar-refractivity contribution in [2.24, 2.45) is 0 Å². The molecule has 0 fully saturated rings. The molecule has 0 amide bonds. The number of benzene rings is 2. The van der Waals surface area contributed by atoms with Crippen molar-refractivity contribution < 1.29 is 0 Å². The van der Waals surface area contributed by atoms with E-state index in [1.165, 1.54) is 11.1 Å². The molecule has 0 aliphatic rings. The van der Waals surface area contributed by atoms with Crippen molar-refractivity contribution in [3.8, 4) is 0 Å². The van der Waals surface area contributed by atoms with Gasteiger partial charge in [-0.25, -0.2) is 0 Å². The highest BCUT2D eigenvalue weighted by Gasteiger charge is 2.07. The lowest BCUT2D eigenvalue weighted by Crippen LogP contribution is -2.07. The predicted octanol–water partition coefficient (Wildman–Crippen LogP) is 4.40. The summed E-state index contributed by atoms with van der Waals surface area (Å²) in [6.45, 7) is 4.19. The third-order valence-electron chi connectivity index (χ3n) is 2.94. The molecule has 0 aliphatic carbocycles. The molecule has 0 saturated carbocycles. The van der Waals surface area contributed by atoms with Crippen LogP contribution in [0.4, 0.5) is 11.4 Å². The van der Waals surface area contributed by atoms with Gasteiger partial charge in [-0.1, -0.05) is 41.4 Å². The maximum absolute atomic E-state index is 6.14. The number of anilines is 2. The molecule has 2 aromatic rings. The van der Waals surface area contributed by atoms with E-state index in [4.69, 9.17) is 17.3 Å². The number of halogens is 1. The zero-order valence-electron chi connectivity index (χ0n) is 10.6. The van der Waals surface area contributed by atoms with Gasteiger partial charge in [0, 0.05) is 11.7 Å². The van der Waals surface area contributed by atoms with Crippen molar-refractivity contribution >= 4 is 23.0 Å². The van der Waals surface area contributed by atoms with Crippen molar-refractivity contribution in [1.29, 1.82) is 0 Å². The molecule has 2 nitrogen and oxygen atoms in total. The molecule has 94 valence electrons. The van der Waals surface area contributed by atoms with Crippen LogP contribution in [0.5, 0.6) is 0 Å². The summed E-state index contributed by atoms with van der Waals surface area (Å²) in [4.78, 5) is 0. The van der Waals surface area contributed by atoms with Crippen LogP contribution in [-0.2, 0) is 0 Å². The van der Waals surface area contributed by atoms with Crippen molar-refractivity contribution in [2.75, 3.05) is 11.1 Å². The van der Waals surface area contributed by atoms with Crippen LogP contribution >= 0.6 is 11.6 Å². The summed E-state index contributed by atoms with van der Waals surface area (Å²) in [5.41, 5.74) is 9.74. The third-order valence-corrected chi connectivity index (χ3v) is 3.26.